The molecule has 0 aliphatic heterocycles. The number of rotatable bonds is 1. The Labute approximate surface area is 111 Å². The van der Waals surface area contributed by atoms with E-state index in [4.69, 9.17) is 11.6 Å². The molecule has 0 saturated carbocycles. The summed E-state index contributed by atoms with van der Waals surface area (Å²) >= 11 is 6.20. The van der Waals surface area contributed by atoms with Crippen LogP contribution in [0.4, 0.5) is 0 Å². The molecule has 1 heterocycles. The van der Waals surface area contributed by atoms with E-state index in [1.54, 1.807) is 6.92 Å². The van der Waals surface area contributed by atoms with Crippen LogP contribution in [0.25, 0.3) is 10.9 Å². The zero-order chi connectivity index (χ0) is 12.7. The van der Waals surface area contributed by atoms with E-state index >= 15 is 0 Å². The predicted molar refractivity (Wildman–Crippen MR) is 73.4 cm³/mol. The second-order valence-corrected chi connectivity index (χ2v) is 5.22. The molecule has 0 N–H and O–H groups in total. The first-order valence-electron chi connectivity index (χ1n) is 6.29. The van der Waals surface area contributed by atoms with Crippen molar-refractivity contribution in [1.82, 2.24) is 4.98 Å². The molecular weight excluding hydrogens is 246 g/mol. The molecule has 0 bridgehead atoms. The quantitative estimate of drug-likeness (QED) is 0.726. The van der Waals surface area contributed by atoms with Crippen molar-refractivity contribution in [3.63, 3.8) is 0 Å². The van der Waals surface area contributed by atoms with Crippen LogP contribution in [0.1, 0.15) is 41.4 Å². The third-order valence-electron chi connectivity index (χ3n) is 3.60. The molecule has 1 aromatic carbocycles. The lowest BCUT2D eigenvalue weighted by Gasteiger charge is -2.19. The van der Waals surface area contributed by atoms with Crippen LogP contribution in [0.5, 0.6) is 0 Å². The maximum atomic E-state index is 12.0. The minimum atomic E-state index is 0.114. The van der Waals surface area contributed by atoms with Crippen LogP contribution in [-0.2, 0) is 12.8 Å². The van der Waals surface area contributed by atoms with E-state index in [1.807, 2.05) is 18.2 Å². The lowest BCUT2D eigenvalue weighted by Crippen LogP contribution is -2.12. The minimum absolute atomic E-state index is 0.114. The summed E-state index contributed by atoms with van der Waals surface area (Å²) < 4.78 is 0. The van der Waals surface area contributed by atoms with Gasteiger partial charge < -0.3 is 0 Å². The number of hydrogen-bond donors (Lipinski definition) is 0. The number of para-hydroxylation sites is 1. The third-order valence-corrected chi connectivity index (χ3v) is 3.90. The molecule has 3 heteroatoms. The van der Waals surface area contributed by atoms with Crippen LogP contribution in [-0.4, -0.2) is 10.8 Å². The van der Waals surface area contributed by atoms with Crippen LogP contribution in [0.15, 0.2) is 18.2 Å². The highest BCUT2D eigenvalue weighted by atomic mass is 35.5. The van der Waals surface area contributed by atoms with Crippen molar-refractivity contribution >= 4 is 28.3 Å². The molecule has 2 aromatic rings. The molecule has 3 rings (SSSR count). The number of fused-ring (bicyclic) bond motifs is 2. The topological polar surface area (TPSA) is 30.0 Å². The van der Waals surface area contributed by atoms with Gasteiger partial charge in [0.05, 0.1) is 10.5 Å². The Kier molecular flexibility index (Phi) is 2.83. The van der Waals surface area contributed by atoms with Crippen molar-refractivity contribution in [2.75, 3.05) is 0 Å². The average molecular weight is 260 g/mol. The number of nitrogens with zero attached hydrogens (tertiary/aromatic N) is 1. The molecule has 2 nitrogen and oxygen atoms in total. The predicted octanol–water partition coefficient (Wildman–Crippen LogP) is 3.97. The van der Waals surface area contributed by atoms with Gasteiger partial charge in [0.15, 0.2) is 5.78 Å². The lowest BCUT2D eigenvalue weighted by atomic mass is 9.88. The lowest BCUT2D eigenvalue weighted by molar-refractivity contribution is 0.101. The first kappa shape index (κ1) is 11.7. The smallest absolute Gasteiger partial charge is 0.160 e. The Bertz CT molecular complexity index is 648. The van der Waals surface area contributed by atoms with E-state index in [-0.39, 0.29) is 5.78 Å². The SMILES string of the molecule is CC(=O)c1c2c(nc3c(Cl)cccc13)CCCC2. The summed E-state index contributed by atoms with van der Waals surface area (Å²) in [5, 5.41) is 1.53. The number of halogens is 1. The molecule has 1 aromatic heterocycles. The first-order chi connectivity index (χ1) is 8.68. The van der Waals surface area contributed by atoms with Crippen LogP contribution in [0.2, 0.25) is 5.02 Å². The number of carbonyl (C=O) groups excluding carboxylic acids is 1. The molecular formula is C15H14ClNO. The molecule has 0 atom stereocenters. The van der Waals surface area contributed by atoms with Crippen LogP contribution >= 0.6 is 11.6 Å². The van der Waals surface area contributed by atoms with Gasteiger partial charge in [-0.3, -0.25) is 9.78 Å². The second kappa shape index (κ2) is 4.36. The number of Topliss-reactive ketones (excluding diaryl/α,β-unsaturated/α-hetero) is 1. The van der Waals surface area contributed by atoms with E-state index in [0.29, 0.717) is 5.02 Å². The molecule has 18 heavy (non-hydrogen) atoms. The number of carbonyl (C=O) groups is 1. The highest BCUT2D eigenvalue weighted by Gasteiger charge is 2.21. The molecule has 1 aliphatic carbocycles. The highest BCUT2D eigenvalue weighted by Crippen LogP contribution is 2.32. The molecule has 1 aliphatic rings. The van der Waals surface area contributed by atoms with Crippen LogP contribution in [0, 0.1) is 0 Å². The van der Waals surface area contributed by atoms with Gasteiger partial charge in [-0.1, -0.05) is 23.7 Å². The van der Waals surface area contributed by atoms with E-state index in [2.05, 4.69) is 4.98 Å². The van der Waals surface area contributed by atoms with Gasteiger partial charge in [0.2, 0.25) is 0 Å². The summed E-state index contributed by atoms with van der Waals surface area (Å²) in [4.78, 5) is 16.6. The standard InChI is InChI=1S/C15H14ClNO/c1-9(18)14-10-5-2-3-8-13(10)17-15-11(14)6-4-7-12(15)16/h4,6-7H,2-3,5,8H2,1H3. The monoisotopic (exact) mass is 259 g/mol. The van der Waals surface area contributed by atoms with Crippen molar-refractivity contribution in [1.29, 1.82) is 0 Å². The molecule has 0 saturated heterocycles. The first-order valence-corrected chi connectivity index (χ1v) is 6.67. The fourth-order valence-corrected chi connectivity index (χ4v) is 3.03. The summed E-state index contributed by atoms with van der Waals surface area (Å²) in [5.74, 6) is 0.114. The summed E-state index contributed by atoms with van der Waals surface area (Å²) in [6, 6.07) is 5.66. The van der Waals surface area contributed by atoms with Gasteiger partial charge in [0, 0.05) is 16.6 Å². The third kappa shape index (κ3) is 1.72. The van der Waals surface area contributed by atoms with E-state index in [0.717, 1.165) is 53.4 Å². The largest absolute Gasteiger partial charge is 0.294 e. The average Bonchev–Trinajstić information content (AvgIpc) is 2.36. The fraction of sp³-hybridized carbons (Fsp3) is 0.333. The Morgan fingerprint density at radius 3 is 2.83 bits per heavy atom. The molecule has 0 spiro atoms. The highest BCUT2D eigenvalue weighted by molar-refractivity contribution is 6.35. The fourth-order valence-electron chi connectivity index (χ4n) is 2.81. The summed E-state index contributed by atoms with van der Waals surface area (Å²) in [7, 11) is 0. The number of aryl methyl sites for hydroxylation is 1. The van der Waals surface area contributed by atoms with Crippen molar-refractivity contribution < 1.29 is 4.79 Å². The maximum Gasteiger partial charge on any atom is 0.160 e. The normalized spacial score (nSPS) is 14.6. The molecule has 0 amide bonds. The van der Waals surface area contributed by atoms with Gasteiger partial charge in [0.25, 0.3) is 0 Å². The van der Waals surface area contributed by atoms with Crippen molar-refractivity contribution in [3.8, 4) is 0 Å². The summed E-state index contributed by atoms with van der Waals surface area (Å²) in [6.45, 7) is 1.63. The number of hydrogen-bond acceptors (Lipinski definition) is 2. The molecule has 0 fully saturated rings. The van der Waals surface area contributed by atoms with Gasteiger partial charge in [-0.2, -0.15) is 0 Å². The van der Waals surface area contributed by atoms with Crippen molar-refractivity contribution in [2.24, 2.45) is 0 Å². The van der Waals surface area contributed by atoms with Crippen molar-refractivity contribution in [2.45, 2.75) is 32.6 Å². The van der Waals surface area contributed by atoms with Gasteiger partial charge in [-0.05, 0) is 44.2 Å². The van der Waals surface area contributed by atoms with E-state index in [9.17, 15) is 4.79 Å². The summed E-state index contributed by atoms with van der Waals surface area (Å²) in [6.07, 6.45) is 4.20. The zero-order valence-electron chi connectivity index (χ0n) is 10.3. The van der Waals surface area contributed by atoms with Gasteiger partial charge in [-0.25, -0.2) is 0 Å². The van der Waals surface area contributed by atoms with Gasteiger partial charge in [0.1, 0.15) is 0 Å². The Hall–Kier alpha value is -1.41. The molecule has 0 unspecified atom stereocenters. The molecule has 0 radical (unpaired) electrons. The Morgan fingerprint density at radius 2 is 2.06 bits per heavy atom. The van der Waals surface area contributed by atoms with E-state index < -0.39 is 0 Å². The van der Waals surface area contributed by atoms with Crippen molar-refractivity contribution in [3.05, 3.63) is 40.0 Å². The zero-order valence-corrected chi connectivity index (χ0v) is 11.0. The number of pyridine rings is 1. The Balaban J connectivity index is 2.44. The molecule has 92 valence electrons. The van der Waals surface area contributed by atoms with Crippen LogP contribution < -0.4 is 0 Å². The van der Waals surface area contributed by atoms with Crippen LogP contribution in [0.3, 0.4) is 0 Å². The Morgan fingerprint density at radius 1 is 1.28 bits per heavy atom. The van der Waals surface area contributed by atoms with Gasteiger partial charge in [-0.15, -0.1) is 0 Å². The number of aromatic nitrogens is 1. The minimum Gasteiger partial charge on any atom is -0.294 e. The second-order valence-electron chi connectivity index (χ2n) is 4.81. The van der Waals surface area contributed by atoms with Gasteiger partial charge >= 0.3 is 0 Å². The van der Waals surface area contributed by atoms with E-state index in [1.165, 1.54) is 0 Å². The number of ketones is 1. The number of benzene rings is 1. The maximum absolute atomic E-state index is 12.0. The summed E-state index contributed by atoms with van der Waals surface area (Å²) in [5.41, 5.74) is 3.80.